The molecule has 0 atom stereocenters. The monoisotopic (exact) mass is 478 g/mol. The Balaban J connectivity index is 2.46. The van der Waals surface area contributed by atoms with E-state index >= 15 is 0 Å². The van der Waals surface area contributed by atoms with Gasteiger partial charge in [0.15, 0.2) is 5.75 Å². The van der Waals surface area contributed by atoms with Gasteiger partial charge < -0.3 is 20.3 Å². The molecule has 0 aliphatic rings. The SMILES string of the molecule is COc1ccc(Br)cc1S(=O)(=O)Nc1cc(Cl)cc(C(=O)NCCO)c1O. The minimum absolute atomic E-state index is 0.0286. The summed E-state index contributed by atoms with van der Waals surface area (Å²) < 4.78 is 33.3. The number of carbonyl (C=O) groups is 1. The van der Waals surface area contributed by atoms with Crippen molar-refractivity contribution in [2.45, 2.75) is 4.90 Å². The second-order valence-corrected chi connectivity index (χ2v) is 8.23. The molecule has 0 saturated carbocycles. The van der Waals surface area contributed by atoms with E-state index in [2.05, 4.69) is 26.0 Å². The molecule has 0 spiro atoms. The molecule has 0 radical (unpaired) electrons. The molecule has 4 N–H and O–H groups in total. The van der Waals surface area contributed by atoms with E-state index in [4.69, 9.17) is 21.4 Å². The van der Waals surface area contributed by atoms with Crippen LogP contribution in [0.1, 0.15) is 10.4 Å². The highest BCUT2D eigenvalue weighted by atomic mass is 79.9. The van der Waals surface area contributed by atoms with Crippen LogP contribution in [0.3, 0.4) is 0 Å². The van der Waals surface area contributed by atoms with Gasteiger partial charge in [0, 0.05) is 16.0 Å². The van der Waals surface area contributed by atoms with Crippen LogP contribution >= 0.6 is 27.5 Å². The van der Waals surface area contributed by atoms with Crippen molar-refractivity contribution >= 4 is 49.1 Å². The lowest BCUT2D eigenvalue weighted by Crippen LogP contribution is -2.26. The maximum Gasteiger partial charge on any atom is 0.265 e. The number of nitrogens with one attached hydrogen (secondary N) is 2. The molecule has 0 heterocycles. The molecule has 0 saturated heterocycles. The number of ether oxygens (including phenoxy) is 1. The van der Waals surface area contributed by atoms with Crippen molar-refractivity contribution in [3.05, 3.63) is 45.4 Å². The average Bonchev–Trinajstić information content (AvgIpc) is 2.62. The second kappa shape index (κ2) is 8.79. The van der Waals surface area contributed by atoms with Gasteiger partial charge in [0.05, 0.1) is 25.0 Å². The zero-order chi connectivity index (χ0) is 20.2. The summed E-state index contributed by atoms with van der Waals surface area (Å²) in [7, 11) is -2.85. The summed E-state index contributed by atoms with van der Waals surface area (Å²) in [5.74, 6) is -1.23. The molecule has 0 bridgehead atoms. The number of aliphatic hydroxyl groups is 1. The number of aliphatic hydroxyl groups excluding tert-OH is 1. The van der Waals surface area contributed by atoms with Gasteiger partial charge in [0.2, 0.25) is 0 Å². The fourth-order valence-corrected chi connectivity index (χ4v) is 4.16. The molecular formula is C16H16BrClN2O6S. The number of anilines is 1. The smallest absolute Gasteiger partial charge is 0.265 e. The fourth-order valence-electron chi connectivity index (χ4n) is 2.18. The van der Waals surface area contributed by atoms with Gasteiger partial charge in [-0.1, -0.05) is 27.5 Å². The van der Waals surface area contributed by atoms with Gasteiger partial charge in [-0.15, -0.1) is 0 Å². The summed E-state index contributed by atoms with van der Waals surface area (Å²) in [4.78, 5) is 11.9. The molecule has 0 aliphatic carbocycles. The minimum Gasteiger partial charge on any atom is -0.505 e. The Morgan fingerprint density at radius 2 is 2.00 bits per heavy atom. The molecule has 2 aromatic carbocycles. The highest BCUT2D eigenvalue weighted by Gasteiger charge is 2.24. The van der Waals surface area contributed by atoms with Crippen LogP contribution in [0.5, 0.6) is 11.5 Å². The molecule has 11 heteroatoms. The predicted molar refractivity (Wildman–Crippen MR) is 104 cm³/mol. The summed E-state index contributed by atoms with van der Waals surface area (Å²) in [6.45, 7) is -0.337. The Labute approximate surface area is 169 Å². The number of halogens is 2. The van der Waals surface area contributed by atoms with Crippen molar-refractivity contribution in [3.63, 3.8) is 0 Å². The van der Waals surface area contributed by atoms with Crippen LogP contribution in [-0.2, 0) is 10.0 Å². The highest BCUT2D eigenvalue weighted by Crippen LogP contribution is 2.35. The van der Waals surface area contributed by atoms with E-state index < -0.39 is 21.7 Å². The van der Waals surface area contributed by atoms with E-state index in [1.165, 1.54) is 31.4 Å². The molecule has 1 amide bonds. The van der Waals surface area contributed by atoms with Gasteiger partial charge in [0.1, 0.15) is 10.6 Å². The fraction of sp³-hybridized carbons (Fsp3) is 0.188. The molecule has 2 rings (SSSR count). The Bertz CT molecular complexity index is 968. The van der Waals surface area contributed by atoms with Crippen LogP contribution in [0.4, 0.5) is 5.69 Å². The number of phenolic OH excluding ortho intramolecular Hbond substituents is 1. The zero-order valence-electron chi connectivity index (χ0n) is 14.0. The Hall–Kier alpha value is -2.01. The van der Waals surface area contributed by atoms with Gasteiger partial charge in [-0.2, -0.15) is 0 Å². The summed E-state index contributed by atoms with van der Waals surface area (Å²) in [6, 6.07) is 6.75. The first-order valence-corrected chi connectivity index (χ1v) is 10.1. The van der Waals surface area contributed by atoms with Crippen LogP contribution in [-0.4, -0.2) is 44.8 Å². The van der Waals surface area contributed by atoms with Crippen molar-refractivity contribution < 1.29 is 28.2 Å². The first kappa shape index (κ1) is 21.3. The summed E-state index contributed by atoms with van der Waals surface area (Å²) in [6.07, 6.45) is 0. The molecular weight excluding hydrogens is 464 g/mol. The van der Waals surface area contributed by atoms with Crippen LogP contribution in [0.2, 0.25) is 5.02 Å². The van der Waals surface area contributed by atoms with Crippen molar-refractivity contribution in [3.8, 4) is 11.5 Å². The van der Waals surface area contributed by atoms with Crippen molar-refractivity contribution in [1.29, 1.82) is 0 Å². The van der Waals surface area contributed by atoms with E-state index in [0.717, 1.165) is 0 Å². The third kappa shape index (κ3) is 5.04. The van der Waals surface area contributed by atoms with Crippen LogP contribution < -0.4 is 14.8 Å². The van der Waals surface area contributed by atoms with Crippen LogP contribution in [0, 0.1) is 0 Å². The van der Waals surface area contributed by atoms with E-state index in [-0.39, 0.29) is 40.1 Å². The molecule has 0 unspecified atom stereocenters. The number of sulfonamides is 1. The number of rotatable bonds is 7. The molecule has 0 aliphatic heterocycles. The van der Waals surface area contributed by atoms with Gasteiger partial charge in [-0.3, -0.25) is 9.52 Å². The zero-order valence-corrected chi connectivity index (χ0v) is 17.2. The summed E-state index contributed by atoms with van der Waals surface area (Å²) in [5.41, 5.74) is -0.520. The third-order valence-corrected chi connectivity index (χ3v) is 5.47. The van der Waals surface area contributed by atoms with Crippen molar-refractivity contribution in [1.82, 2.24) is 5.32 Å². The van der Waals surface area contributed by atoms with Crippen LogP contribution in [0.25, 0.3) is 0 Å². The van der Waals surface area contributed by atoms with E-state index in [0.29, 0.717) is 4.47 Å². The van der Waals surface area contributed by atoms with Gasteiger partial charge >= 0.3 is 0 Å². The molecule has 8 nitrogen and oxygen atoms in total. The van der Waals surface area contributed by atoms with Gasteiger partial charge in [0.25, 0.3) is 15.9 Å². The maximum absolute atomic E-state index is 12.8. The maximum atomic E-state index is 12.8. The number of carbonyl (C=O) groups excluding carboxylic acids is 1. The lowest BCUT2D eigenvalue weighted by molar-refractivity contribution is 0.0942. The Morgan fingerprint density at radius 1 is 1.30 bits per heavy atom. The lowest BCUT2D eigenvalue weighted by Gasteiger charge is -2.15. The topological polar surface area (TPSA) is 125 Å². The highest BCUT2D eigenvalue weighted by molar-refractivity contribution is 9.10. The standard InChI is InChI=1S/C16H16BrClN2O6S/c1-26-13-3-2-9(17)6-14(13)27(24,25)20-12-8-10(18)7-11(15(12)22)16(23)19-4-5-21/h2-3,6-8,20-22H,4-5H2,1H3,(H,19,23). The number of hydrogen-bond acceptors (Lipinski definition) is 6. The second-order valence-electron chi connectivity index (χ2n) is 5.23. The Kier molecular flexibility index (Phi) is 6.93. The summed E-state index contributed by atoms with van der Waals surface area (Å²) in [5, 5.41) is 21.5. The van der Waals surface area contributed by atoms with Crippen molar-refractivity contribution in [2.75, 3.05) is 25.0 Å². The van der Waals surface area contributed by atoms with Gasteiger partial charge in [-0.25, -0.2) is 8.42 Å². The van der Waals surface area contributed by atoms with Crippen LogP contribution in [0.15, 0.2) is 39.7 Å². The Morgan fingerprint density at radius 3 is 2.63 bits per heavy atom. The predicted octanol–water partition coefficient (Wildman–Crippen LogP) is 2.34. The number of hydrogen-bond donors (Lipinski definition) is 4. The summed E-state index contributed by atoms with van der Waals surface area (Å²) >= 11 is 9.14. The largest absolute Gasteiger partial charge is 0.505 e. The normalized spacial score (nSPS) is 11.1. The molecule has 0 fully saturated rings. The minimum atomic E-state index is -4.17. The quantitative estimate of drug-likeness (QED) is 0.452. The first-order chi connectivity index (χ1) is 12.7. The van der Waals surface area contributed by atoms with E-state index in [9.17, 15) is 18.3 Å². The molecule has 27 heavy (non-hydrogen) atoms. The number of amides is 1. The van der Waals surface area contributed by atoms with E-state index in [1.807, 2.05) is 0 Å². The average molecular weight is 480 g/mol. The third-order valence-electron chi connectivity index (χ3n) is 3.38. The number of aromatic hydroxyl groups is 1. The van der Waals surface area contributed by atoms with Crippen molar-refractivity contribution in [2.24, 2.45) is 0 Å². The molecule has 0 aromatic heterocycles. The number of methoxy groups -OCH3 is 1. The van der Waals surface area contributed by atoms with E-state index in [1.54, 1.807) is 6.07 Å². The first-order valence-electron chi connectivity index (χ1n) is 7.47. The van der Waals surface area contributed by atoms with Gasteiger partial charge in [-0.05, 0) is 30.3 Å². The number of benzene rings is 2. The molecule has 2 aromatic rings. The number of phenols is 1. The molecule has 146 valence electrons. The lowest BCUT2D eigenvalue weighted by atomic mass is 10.1.